The summed E-state index contributed by atoms with van der Waals surface area (Å²) in [5.41, 5.74) is 11.5. The van der Waals surface area contributed by atoms with E-state index in [1.165, 1.54) is 0 Å². The molecule has 72 valence electrons. The Bertz CT molecular complexity index is 94.9. The van der Waals surface area contributed by atoms with E-state index in [2.05, 4.69) is 0 Å². The zero-order valence-corrected chi connectivity index (χ0v) is 9.94. The molecule has 0 radical (unpaired) electrons. The van der Waals surface area contributed by atoms with Gasteiger partial charge in [-0.15, -0.1) is 0 Å². The van der Waals surface area contributed by atoms with Crippen LogP contribution in [0.5, 0.6) is 0 Å². The molecular weight excluding hydrogens is 328 g/mol. The quantitative estimate of drug-likeness (QED) is 0.681. The van der Waals surface area contributed by atoms with Crippen LogP contribution in [0.15, 0.2) is 30.3 Å². The maximum absolute atomic E-state index is 7.25. The van der Waals surface area contributed by atoms with Crippen LogP contribution in [0.25, 0.3) is 11.2 Å². The Labute approximate surface area is 87.5 Å². The van der Waals surface area contributed by atoms with Crippen molar-refractivity contribution in [2.45, 2.75) is 0 Å². The molecule has 0 amide bonds. The number of nitroso groups, excluding NO2 is 2. The van der Waals surface area contributed by atoms with Gasteiger partial charge in [0, 0.05) is 21.1 Å². The van der Waals surface area contributed by atoms with E-state index in [0.717, 1.165) is 0 Å². The molecule has 0 fully saturated rings. The second kappa shape index (κ2) is 48.6. The molecule has 0 heterocycles. The molecule has 0 unspecified atom stereocenters. The van der Waals surface area contributed by atoms with Crippen molar-refractivity contribution < 1.29 is 21.1 Å². The minimum Gasteiger partial charge on any atom is -0.577 e. The van der Waals surface area contributed by atoms with Crippen LogP contribution in [0.4, 0.5) is 0 Å². The molecule has 0 aromatic heterocycles. The average molecular weight is 339 g/mol. The van der Waals surface area contributed by atoms with E-state index in [9.17, 15) is 0 Å². The first-order chi connectivity index (χ1) is 4.50. The van der Waals surface area contributed by atoms with Crippen LogP contribution in [0.1, 0.15) is 0 Å². The Balaban J connectivity index is -0.0000000213. The van der Waals surface area contributed by atoms with E-state index in [1.54, 1.807) is 0 Å². The summed E-state index contributed by atoms with van der Waals surface area (Å²) in [7, 11) is 0. The molecule has 0 aliphatic heterocycles. The van der Waals surface area contributed by atoms with E-state index in [4.69, 9.17) is 21.0 Å². The summed E-state index contributed by atoms with van der Waals surface area (Å²) in [5, 5.41) is 0. The van der Waals surface area contributed by atoms with E-state index < -0.39 is 0 Å². The van der Waals surface area contributed by atoms with Gasteiger partial charge in [-0.25, -0.2) is 12.1 Å². The summed E-state index contributed by atoms with van der Waals surface area (Å²) in [6, 6.07) is 10.0. The van der Waals surface area contributed by atoms with E-state index >= 15 is 0 Å². The zero-order chi connectivity index (χ0) is 7.54. The molecule has 0 aliphatic carbocycles. The molecule has 0 saturated heterocycles. The average Bonchev–Trinajstić information content (AvgIpc) is 2.51. The van der Waals surface area contributed by atoms with Gasteiger partial charge in [-0.05, 0) is 0 Å². The van der Waals surface area contributed by atoms with Crippen molar-refractivity contribution in [2.75, 3.05) is 0 Å². The maximum atomic E-state index is 7.25. The Hall–Kier alpha value is -0.762. The van der Waals surface area contributed by atoms with Crippen LogP contribution in [0.3, 0.4) is 0 Å². The smallest absolute Gasteiger partial charge is 0 e. The first-order valence-corrected chi connectivity index (χ1v) is 2.03. The molecule has 0 aliphatic rings. The van der Waals surface area contributed by atoms with E-state index in [-0.39, 0.29) is 35.9 Å². The third-order valence-corrected chi connectivity index (χ3v) is 0.556. The fourth-order valence-electron chi connectivity index (χ4n) is 0.321. The molecule has 12 heavy (non-hydrogen) atoms. The van der Waals surface area contributed by atoms with Gasteiger partial charge in [-0.1, -0.05) is 0 Å². The fraction of sp³-hybridized carbons (Fsp3) is 0. The zero-order valence-electron chi connectivity index (χ0n) is 7.01. The van der Waals surface area contributed by atoms with Gasteiger partial charge in [0.1, 0.15) is 0 Å². The van der Waals surface area contributed by atoms with Crippen LogP contribution in [0.2, 0.25) is 0 Å². The van der Waals surface area contributed by atoms with Crippen molar-refractivity contribution in [3.63, 3.8) is 0 Å². The molecule has 4 nitrogen and oxygen atoms in total. The van der Waals surface area contributed by atoms with E-state index in [1.807, 2.05) is 30.3 Å². The normalized spacial score (nSPS) is 4.00. The van der Waals surface area contributed by atoms with Crippen LogP contribution >= 0.6 is 0 Å². The number of hydrogen-bond donors (Lipinski definition) is 0. The molecular formula is C7H11N2O2W-5. The molecule has 0 saturated carbocycles. The van der Waals surface area contributed by atoms with E-state index in [0.29, 0.717) is 0 Å². The van der Waals surface area contributed by atoms with Gasteiger partial charge in [0.25, 0.3) is 0 Å². The van der Waals surface area contributed by atoms with Crippen LogP contribution in [0, 0.1) is 24.7 Å². The molecule has 1 aromatic carbocycles. The second-order valence-corrected chi connectivity index (χ2v) is 0.962. The second-order valence-electron chi connectivity index (χ2n) is 0.962. The predicted octanol–water partition coefficient (Wildman–Crippen LogP) is 2.95. The Morgan fingerprint density at radius 3 is 1.17 bits per heavy atom. The van der Waals surface area contributed by atoms with Gasteiger partial charge >= 0.3 is 0 Å². The molecule has 0 spiro atoms. The minimum absolute atomic E-state index is 0. The Kier molecular flexibility index (Phi) is 123. The monoisotopic (exact) mass is 339 g/mol. The third-order valence-electron chi connectivity index (χ3n) is 0.556. The summed E-state index contributed by atoms with van der Waals surface area (Å²) in [6.45, 7) is 0. The third kappa shape index (κ3) is 34.9. The van der Waals surface area contributed by atoms with Crippen molar-refractivity contribution in [1.29, 1.82) is 0 Å². The molecule has 1 aromatic rings. The largest absolute Gasteiger partial charge is 0.577 e. The SMILES string of the molecule is [CH3-].[CH3-].[N-]=O.[N-]=O.[W].c1cc[cH-]c1. The minimum atomic E-state index is 0. The number of rotatable bonds is 0. The standard InChI is InChI=1S/C5H5.2CH3.2NO.W/c1-2-4-5-3-1;;;2*1-2;/h1-5H;2*1H3;;;/q5*-1;. The Morgan fingerprint density at radius 2 is 1.08 bits per heavy atom. The van der Waals surface area contributed by atoms with Gasteiger partial charge in [0.05, 0.1) is 0 Å². The Morgan fingerprint density at radius 1 is 0.833 bits per heavy atom. The molecule has 0 N–H and O–H groups in total. The van der Waals surface area contributed by atoms with Gasteiger partial charge in [-0.2, -0.15) is 18.2 Å². The van der Waals surface area contributed by atoms with Crippen molar-refractivity contribution in [3.8, 4) is 0 Å². The van der Waals surface area contributed by atoms with Crippen LogP contribution < -0.4 is 0 Å². The first kappa shape index (κ1) is 30.3. The van der Waals surface area contributed by atoms with Crippen LogP contribution in [-0.2, 0) is 21.1 Å². The molecule has 5 heteroatoms. The van der Waals surface area contributed by atoms with Crippen LogP contribution in [-0.4, -0.2) is 0 Å². The first-order valence-electron chi connectivity index (χ1n) is 2.03. The summed E-state index contributed by atoms with van der Waals surface area (Å²) >= 11 is 0. The predicted molar refractivity (Wildman–Crippen MR) is 48.3 cm³/mol. The van der Waals surface area contributed by atoms with Gasteiger partial charge in [0.15, 0.2) is 0 Å². The molecule has 0 bridgehead atoms. The number of nitrogens with zero attached hydrogens (tertiary/aromatic N) is 2. The van der Waals surface area contributed by atoms with Crippen molar-refractivity contribution in [1.82, 2.24) is 0 Å². The van der Waals surface area contributed by atoms with Crippen molar-refractivity contribution >= 4 is 0 Å². The fourth-order valence-corrected chi connectivity index (χ4v) is 0.321. The maximum Gasteiger partial charge on any atom is 0 e. The summed E-state index contributed by atoms with van der Waals surface area (Å²) < 4.78 is 0. The van der Waals surface area contributed by atoms with Crippen molar-refractivity contribution in [2.24, 2.45) is 0 Å². The number of hydrogen-bond acceptors (Lipinski definition) is 2. The van der Waals surface area contributed by atoms with Gasteiger partial charge < -0.3 is 35.9 Å². The van der Waals surface area contributed by atoms with Gasteiger partial charge in [-0.3, -0.25) is 0 Å². The van der Waals surface area contributed by atoms with Gasteiger partial charge in [0.2, 0.25) is 0 Å². The summed E-state index contributed by atoms with van der Waals surface area (Å²) in [5.74, 6) is 0. The summed E-state index contributed by atoms with van der Waals surface area (Å²) in [4.78, 5) is 14.5. The topological polar surface area (TPSA) is 78.7 Å². The molecule has 0 atom stereocenters. The molecule has 1 rings (SSSR count). The van der Waals surface area contributed by atoms with Crippen molar-refractivity contribution in [3.05, 3.63) is 66.2 Å². The summed E-state index contributed by atoms with van der Waals surface area (Å²) in [6.07, 6.45) is 0.